The molecule has 0 atom stereocenters. The van der Waals surface area contributed by atoms with Gasteiger partial charge in [0, 0.05) is 5.02 Å². The Morgan fingerprint density at radius 1 is 0.737 bits per heavy atom. The fraction of sp³-hybridized carbons (Fsp3) is 0.200. The average Bonchev–Trinajstić information content (AvgIpc) is 2.46. The number of ether oxygens (including phenoxy) is 3. The Bertz CT molecular complexity index is 539. The molecule has 2 rings (SSSR count). The Labute approximate surface area is 117 Å². The van der Waals surface area contributed by atoms with Crippen molar-refractivity contribution in [2.45, 2.75) is 0 Å². The van der Waals surface area contributed by atoms with Crippen molar-refractivity contribution in [1.29, 1.82) is 0 Å². The molecule has 0 aromatic heterocycles. The number of rotatable bonds is 4. The van der Waals surface area contributed by atoms with Gasteiger partial charge in [-0.15, -0.1) is 0 Å². The monoisotopic (exact) mass is 278 g/mol. The lowest BCUT2D eigenvalue weighted by Crippen LogP contribution is -1.95. The van der Waals surface area contributed by atoms with Gasteiger partial charge < -0.3 is 14.2 Å². The van der Waals surface area contributed by atoms with Crippen LogP contribution < -0.4 is 14.2 Å². The largest absolute Gasteiger partial charge is 0.493 e. The van der Waals surface area contributed by atoms with Crippen molar-refractivity contribution in [1.82, 2.24) is 0 Å². The van der Waals surface area contributed by atoms with Gasteiger partial charge in [0.25, 0.3) is 0 Å². The SMILES string of the molecule is COc1cc(-c2ccc(Cl)cc2)cc(OC)c1OC. The van der Waals surface area contributed by atoms with Crippen molar-refractivity contribution in [2.24, 2.45) is 0 Å². The summed E-state index contributed by atoms with van der Waals surface area (Å²) in [5, 5.41) is 0.705. The fourth-order valence-corrected chi connectivity index (χ4v) is 2.02. The van der Waals surface area contributed by atoms with Gasteiger partial charge in [-0.05, 0) is 35.4 Å². The van der Waals surface area contributed by atoms with Crippen LogP contribution >= 0.6 is 11.6 Å². The molecule has 0 aliphatic heterocycles. The summed E-state index contributed by atoms with van der Waals surface area (Å²) in [6.45, 7) is 0. The van der Waals surface area contributed by atoms with Crippen LogP contribution in [0.4, 0.5) is 0 Å². The molecule has 0 N–H and O–H groups in total. The van der Waals surface area contributed by atoms with Gasteiger partial charge in [0.2, 0.25) is 5.75 Å². The molecule has 100 valence electrons. The average molecular weight is 279 g/mol. The summed E-state index contributed by atoms with van der Waals surface area (Å²) in [6.07, 6.45) is 0. The Balaban J connectivity index is 2.55. The molecule has 0 saturated heterocycles. The van der Waals surface area contributed by atoms with E-state index in [1.165, 1.54) is 0 Å². The summed E-state index contributed by atoms with van der Waals surface area (Å²) in [6, 6.07) is 11.4. The predicted molar refractivity (Wildman–Crippen MR) is 76.5 cm³/mol. The van der Waals surface area contributed by atoms with E-state index in [9.17, 15) is 0 Å². The summed E-state index contributed by atoms with van der Waals surface area (Å²) in [5.41, 5.74) is 2.01. The first-order valence-corrected chi connectivity index (χ1v) is 6.13. The van der Waals surface area contributed by atoms with Crippen molar-refractivity contribution >= 4 is 11.6 Å². The summed E-state index contributed by atoms with van der Waals surface area (Å²) in [5.74, 6) is 1.85. The molecular weight excluding hydrogens is 264 g/mol. The Hall–Kier alpha value is -1.87. The minimum absolute atomic E-state index is 0.586. The van der Waals surface area contributed by atoms with Crippen LogP contribution in [-0.2, 0) is 0 Å². The third-order valence-electron chi connectivity index (χ3n) is 2.84. The second kappa shape index (κ2) is 5.85. The first-order chi connectivity index (χ1) is 9.19. The molecule has 0 aliphatic carbocycles. The lowest BCUT2D eigenvalue weighted by atomic mass is 10.0. The maximum absolute atomic E-state index is 5.89. The van der Waals surface area contributed by atoms with Crippen LogP contribution in [0.5, 0.6) is 17.2 Å². The van der Waals surface area contributed by atoms with E-state index in [0.29, 0.717) is 22.3 Å². The van der Waals surface area contributed by atoms with Crippen LogP contribution in [0.2, 0.25) is 5.02 Å². The maximum Gasteiger partial charge on any atom is 0.203 e. The highest BCUT2D eigenvalue weighted by atomic mass is 35.5. The smallest absolute Gasteiger partial charge is 0.203 e. The van der Waals surface area contributed by atoms with Gasteiger partial charge in [0.05, 0.1) is 21.3 Å². The standard InChI is InChI=1S/C15H15ClO3/c1-17-13-8-11(9-14(18-2)15(13)19-3)10-4-6-12(16)7-5-10/h4-9H,1-3H3. The Kier molecular flexibility index (Phi) is 4.17. The first kappa shape index (κ1) is 13.6. The zero-order valence-corrected chi connectivity index (χ0v) is 11.8. The maximum atomic E-state index is 5.89. The van der Waals surface area contributed by atoms with E-state index >= 15 is 0 Å². The van der Waals surface area contributed by atoms with Gasteiger partial charge in [-0.25, -0.2) is 0 Å². The number of halogens is 1. The minimum Gasteiger partial charge on any atom is -0.493 e. The van der Waals surface area contributed by atoms with E-state index < -0.39 is 0 Å². The van der Waals surface area contributed by atoms with Crippen molar-refractivity contribution in [3.63, 3.8) is 0 Å². The first-order valence-electron chi connectivity index (χ1n) is 5.75. The molecule has 0 fully saturated rings. The Morgan fingerprint density at radius 2 is 1.26 bits per heavy atom. The lowest BCUT2D eigenvalue weighted by molar-refractivity contribution is 0.324. The molecule has 2 aromatic rings. The van der Waals surface area contributed by atoms with Crippen molar-refractivity contribution in [3.05, 3.63) is 41.4 Å². The van der Waals surface area contributed by atoms with E-state index in [1.807, 2.05) is 36.4 Å². The van der Waals surface area contributed by atoms with Crippen molar-refractivity contribution < 1.29 is 14.2 Å². The van der Waals surface area contributed by atoms with Gasteiger partial charge in [-0.3, -0.25) is 0 Å². The number of hydrogen-bond acceptors (Lipinski definition) is 3. The lowest BCUT2D eigenvalue weighted by Gasteiger charge is -2.14. The topological polar surface area (TPSA) is 27.7 Å². The third kappa shape index (κ3) is 2.76. The van der Waals surface area contributed by atoms with Gasteiger partial charge in [0.15, 0.2) is 11.5 Å². The number of methoxy groups -OCH3 is 3. The van der Waals surface area contributed by atoms with E-state index in [0.717, 1.165) is 11.1 Å². The van der Waals surface area contributed by atoms with Gasteiger partial charge in [-0.2, -0.15) is 0 Å². The highest BCUT2D eigenvalue weighted by Crippen LogP contribution is 2.41. The van der Waals surface area contributed by atoms with Crippen molar-refractivity contribution in [2.75, 3.05) is 21.3 Å². The number of benzene rings is 2. The van der Waals surface area contributed by atoms with Crippen LogP contribution in [-0.4, -0.2) is 21.3 Å². The zero-order valence-electron chi connectivity index (χ0n) is 11.1. The van der Waals surface area contributed by atoms with Crippen LogP contribution in [0.25, 0.3) is 11.1 Å². The Morgan fingerprint density at radius 3 is 1.68 bits per heavy atom. The molecule has 0 radical (unpaired) electrons. The molecular formula is C15H15ClO3. The summed E-state index contributed by atoms with van der Waals surface area (Å²) >= 11 is 5.89. The summed E-state index contributed by atoms with van der Waals surface area (Å²) < 4.78 is 16.0. The zero-order chi connectivity index (χ0) is 13.8. The van der Waals surface area contributed by atoms with Crippen LogP contribution in [0, 0.1) is 0 Å². The van der Waals surface area contributed by atoms with Gasteiger partial charge >= 0.3 is 0 Å². The second-order valence-corrected chi connectivity index (χ2v) is 4.36. The molecule has 0 amide bonds. The molecule has 2 aromatic carbocycles. The quantitative estimate of drug-likeness (QED) is 0.845. The van der Waals surface area contributed by atoms with Crippen LogP contribution in [0.15, 0.2) is 36.4 Å². The van der Waals surface area contributed by atoms with E-state index in [4.69, 9.17) is 25.8 Å². The highest BCUT2D eigenvalue weighted by Gasteiger charge is 2.13. The predicted octanol–water partition coefficient (Wildman–Crippen LogP) is 4.03. The van der Waals surface area contributed by atoms with E-state index in [1.54, 1.807) is 21.3 Å². The normalized spacial score (nSPS) is 10.1. The van der Waals surface area contributed by atoms with Crippen molar-refractivity contribution in [3.8, 4) is 28.4 Å². The molecule has 0 aliphatic rings. The van der Waals surface area contributed by atoms with Gasteiger partial charge in [0.1, 0.15) is 0 Å². The second-order valence-electron chi connectivity index (χ2n) is 3.92. The van der Waals surface area contributed by atoms with E-state index in [2.05, 4.69) is 0 Å². The minimum atomic E-state index is 0.586. The summed E-state index contributed by atoms with van der Waals surface area (Å²) in [7, 11) is 4.79. The van der Waals surface area contributed by atoms with Crippen LogP contribution in [0.3, 0.4) is 0 Å². The van der Waals surface area contributed by atoms with E-state index in [-0.39, 0.29) is 0 Å². The molecule has 0 heterocycles. The summed E-state index contributed by atoms with van der Waals surface area (Å²) in [4.78, 5) is 0. The van der Waals surface area contributed by atoms with Crippen LogP contribution in [0.1, 0.15) is 0 Å². The molecule has 0 unspecified atom stereocenters. The molecule has 3 nitrogen and oxygen atoms in total. The molecule has 0 saturated carbocycles. The van der Waals surface area contributed by atoms with Gasteiger partial charge in [-0.1, -0.05) is 23.7 Å². The molecule has 0 spiro atoms. The molecule has 4 heteroatoms. The number of hydrogen-bond donors (Lipinski definition) is 0. The fourth-order valence-electron chi connectivity index (χ4n) is 1.89. The molecule has 19 heavy (non-hydrogen) atoms. The highest BCUT2D eigenvalue weighted by molar-refractivity contribution is 6.30. The third-order valence-corrected chi connectivity index (χ3v) is 3.09. The molecule has 0 bridgehead atoms.